The molecule has 0 saturated carbocycles. The van der Waals surface area contributed by atoms with Gasteiger partial charge in [-0.25, -0.2) is 0 Å². The van der Waals surface area contributed by atoms with Gasteiger partial charge in [0.25, 0.3) is 0 Å². The zero-order valence-corrected chi connectivity index (χ0v) is 9.04. The first kappa shape index (κ1) is 10.1. The molecule has 0 radical (unpaired) electrons. The van der Waals surface area contributed by atoms with E-state index in [1.165, 1.54) is 4.91 Å². The molecule has 0 aliphatic carbocycles. The number of hydrogen-bond acceptors (Lipinski definition) is 2. The average molecular weight is 186 g/mol. The van der Waals surface area contributed by atoms with Crippen molar-refractivity contribution in [1.82, 2.24) is 0 Å². The van der Waals surface area contributed by atoms with Gasteiger partial charge in [-0.15, -0.1) is 11.8 Å². The van der Waals surface area contributed by atoms with Crippen LogP contribution in [0.4, 0.5) is 0 Å². The first-order valence-electron chi connectivity index (χ1n) is 4.68. The van der Waals surface area contributed by atoms with Crippen LogP contribution in [-0.4, -0.2) is 19.0 Å². The molecule has 0 N–H and O–H groups in total. The quantitative estimate of drug-likeness (QED) is 0.670. The van der Waals surface area contributed by atoms with E-state index in [4.69, 9.17) is 4.74 Å². The minimum atomic E-state index is 0.697. The summed E-state index contributed by atoms with van der Waals surface area (Å²) in [5, 5.41) is 0. The van der Waals surface area contributed by atoms with E-state index in [0.29, 0.717) is 5.92 Å². The standard InChI is InChI=1S/C10H18OS/c1-4-12-10-7-11-6-5-9(10)8(2)3/h8H,4-7H2,1-3H3. The Morgan fingerprint density at radius 2 is 2.25 bits per heavy atom. The smallest absolute Gasteiger partial charge is 0.0775 e. The second-order valence-electron chi connectivity index (χ2n) is 3.34. The first-order valence-corrected chi connectivity index (χ1v) is 5.66. The second kappa shape index (κ2) is 4.93. The van der Waals surface area contributed by atoms with Gasteiger partial charge in [0.05, 0.1) is 13.2 Å². The van der Waals surface area contributed by atoms with Crippen LogP contribution in [0.2, 0.25) is 0 Å². The molecule has 0 amide bonds. The largest absolute Gasteiger partial charge is 0.376 e. The predicted molar refractivity (Wildman–Crippen MR) is 55.4 cm³/mol. The summed E-state index contributed by atoms with van der Waals surface area (Å²) in [6.07, 6.45) is 1.14. The van der Waals surface area contributed by atoms with Gasteiger partial charge in [0.1, 0.15) is 0 Å². The maximum Gasteiger partial charge on any atom is 0.0775 e. The van der Waals surface area contributed by atoms with Crippen molar-refractivity contribution in [2.24, 2.45) is 5.92 Å². The Morgan fingerprint density at radius 3 is 2.83 bits per heavy atom. The zero-order valence-electron chi connectivity index (χ0n) is 8.22. The van der Waals surface area contributed by atoms with E-state index in [1.807, 2.05) is 11.8 Å². The lowest BCUT2D eigenvalue weighted by Crippen LogP contribution is -2.13. The maximum absolute atomic E-state index is 5.44. The minimum Gasteiger partial charge on any atom is -0.376 e. The Hall–Kier alpha value is 0.0500. The van der Waals surface area contributed by atoms with Crippen molar-refractivity contribution in [2.75, 3.05) is 19.0 Å². The predicted octanol–water partition coefficient (Wildman–Crippen LogP) is 3.07. The number of rotatable bonds is 3. The van der Waals surface area contributed by atoms with Crippen LogP contribution in [0.15, 0.2) is 10.5 Å². The fourth-order valence-electron chi connectivity index (χ4n) is 1.50. The zero-order chi connectivity index (χ0) is 8.97. The molecule has 0 unspecified atom stereocenters. The molecule has 1 aliphatic rings. The molecular weight excluding hydrogens is 168 g/mol. The number of hydrogen-bond donors (Lipinski definition) is 0. The molecule has 1 rings (SSSR count). The van der Waals surface area contributed by atoms with E-state index in [9.17, 15) is 0 Å². The summed E-state index contributed by atoms with van der Waals surface area (Å²) in [7, 11) is 0. The highest BCUT2D eigenvalue weighted by molar-refractivity contribution is 8.03. The molecule has 0 bridgehead atoms. The monoisotopic (exact) mass is 186 g/mol. The number of thioether (sulfide) groups is 1. The molecule has 0 aromatic rings. The Kier molecular flexibility index (Phi) is 4.16. The van der Waals surface area contributed by atoms with E-state index in [0.717, 1.165) is 25.4 Å². The first-order chi connectivity index (χ1) is 5.75. The van der Waals surface area contributed by atoms with Crippen molar-refractivity contribution in [2.45, 2.75) is 27.2 Å². The minimum absolute atomic E-state index is 0.697. The third-order valence-corrected chi connectivity index (χ3v) is 3.14. The summed E-state index contributed by atoms with van der Waals surface area (Å²) in [6.45, 7) is 8.52. The Morgan fingerprint density at radius 1 is 1.50 bits per heavy atom. The Bertz CT molecular complexity index is 173. The highest BCUT2D eigenvalue weighted by atomic mass is 32.2. The van der Waals surface area contributed by atoms with Crippen LogP contribution in [-0.2, 0) is 4.74 Å². The van der Waals surface area contributed by atoms with Crippen LogP contribution >= 0.6 is 11.8 Å². The highest BCUT2D eigenvalue weighted by Crippen LogP contribution is 2.30. The second-order valence-corrected chi connectivity index (χ2v) is 4.70. The molecule has 70 valence electrons. The van der Waals surface area contributed by atoms with Gasteiger partial charge in [0, 0.05) is 4.91 Å². The molecule has 2 heteroatoms. The number of ether oxygens (including phenoxy) is 1. The van der Waals surface area contributed by atoms with Gasteiger partial charge in [-0.05, 0) is 18.1 Å². The maximum atomic E-state index is 5.44. The van der Waals surface area contributed by atoms with Crippen LogP contribution < -0.4 is 0 Å². The lowest BCUT2D eigenvalue weighted by atomic mass is 9.99. The van der Waals surface area contributed by atoms with Crippen LogP contribution in [0.25, 0.3) is 0 Å². The molecular formula is C10H18OS. The van der Waals surface area contributed by atoms with Gasteiger partial charge in [-0.1, -0.05) is 26.3 Å². The molecule has 0 atom stereocenters. The topological polar surface area (TPSA) is 9.23 Å². The van der Waals surface area contributed by atoms with Crippen molar-refractivity contribution in [3.8, 4) is 0 Å². The molecule has 0 aromatic heterocycles. The van der Waals surface area contributed by atoms with E-state index in [1.54, 1.807) is 5.57 Å². The molecule has 0 aromatic carbocycles. The molecule has 0 spiro atoms. The van der Waals surface area contributed by atoms with Crippen molar-refractivity contribution < 1.29 is 4.74 Å². The third-order valence-electron chi connectivity index (χ3n) is 2.12. The van der Waals surface area contributed by atoms with Gasteiger partial charge < -0.3 is 4.74 Å². The molecule has 1 aliphatic heterocycles. The summed E-state index contributed by atoms with van der Waals surface area (Å²) in [6, 6.07) is 0. The summed E-state index contributed by atoms with van der Waals surface area (Å²) in [4.78, 5) is 1.48. The van der Waals surface area contributed by atoms with Crippen molar-refractivity contribution >= 4 is 11.8 Å². The fraction of sp³-hybridized carbons (Fsp3) is 0.800. The van der Waals surface area contributed by atoms with Gasteiger partial charge in [0.15, 0.2) is 0 Å². The molecule has 0 fully saturated rings. The van der Waals surface area contributed by atoms with E-state index < -0.39 is 0 Å². The Labute approximate surface area is 79.6 Å². The lowest BCUT2D eigenvalue weighted by molar-refractivity contribution is 0.149. The Balaban J connectivity index is 2.68. The van der Waals surface area contributed by atoms with Crippen molar-refractivity contribution in [3.05, 3.63) is 10.5 Å². The summed E-state index contributed by atoms with van der Waals surface area (Å²) < 4.78 is 5.44. The lowest BCUT2D eigenvalue weighted by Gasteiger charge is -2.22. The van der Waals surface area contributed by atoms with Gasteiger partial charge >= 0.3 is 0 Å². The van der Waals surface area contributed by atoms with E-state index in [-0.39, 0.29) is 0 Å². The molecule has 1 heterocycles. The van der Waals surface area contributed by atoms with E-state index in [2.05, 4.69) is 20.8 Å². The third kappa shape index (κ3) is 2.53. The summed E-state index contributed by atoms with van der Waals surface area (Å²) in [5.74, 6) is 1.86. The van der Waals surface area contributed by atoms with Crippen LogP contribution in [0, 0.1) is 5.92 Å². The van der Waals surface area contributed by atoms with Crippen LogP contribution in [0.1, 0.15) is 27.2 Å². The van der Waals surface area contributed by atoms with Crippen molar-refractivity contribution in [3.63, 3.8) is 0 Å². The van der Waals surface area contributed by atoms with E-state index >= 15 is 0 Å². The van der Waals surface area contributed by atoms with Crippen LogP contribution in [0.5, 0.6) is 0 Å². The highest BCUT2D eigenvalue weighted by Gasteiger charge is 2.15. The van der Waals surface area contributed by atoms with Crippen LogP contribution in [0.3, 0.4) is 0 Å². The molecule has 12 heavy (non-hydrogen) atoms. The van der Waals surface area contributed by atoms with Crippen molar-refractivity contribution in [1.29, 1.82) is 0 Å². The van der Waals surface area contributed by atoms with Gasteiger partial charge in [-0.2, -0.15) is 0 Å². The SMILES string of the molecule is CCSC1=C(C(C)C)CCOC1. The molecule has 1 nitrogen and oxygen atoms in total. The van der Waals surface area contributed by atoms with Gasteiger partial charge in [-0.3, -0.25) is 0 Å². The fourth-order valence-corrected chi connectivity index (χ4v) is 2.54. The summed E-state index contributed by atoms with van der Waals surface area (Å²) in [5.41, 5.74) is 1.62. The summed E-state index contributed by atoms with van der Waals surface area (Å²) >= 11 is 1.94. The molecule has 0 saturated heterocycles. The normalized spacial score (nSPS) is 19.0. The van der Waals surface area contributed by atoms with Gasteiger partial charge in [0.2, 0.25) is 0 Å². The average Bonchev–Trinajstić information content (AvgIpc) is 2.05.